The first-order chi connectivity index (χ1) is 15.1. The zero-order chi connectivity index (χ0) is 21.3. The summed E-state index contributed by atoms with van der Waals surface area (Å²) in [5.41, 5.74) is 0.599. The van der Waals surface area contributed by atoms with Crippen molar-refractivity contribution in [3.63, 3.8) is 0 Å². The SMILES string of the molecule is Cc1nnc(-c2ccc(NCC3CCC4(CC3)CN(c3ccccn3)C(=O)O4)nc2)s1.Cl. The molecule has 1 N–H and O–H groups in total. The van der Waals surface area contributed by atoms with E-state index in [1.807, 2.05) is 43.5 Å². The summed E-state index contributed by atoms with van der Waals surface area (Å²) in [6, 6.07) is 9.59. The first kappa shape index (κ1) is 22.4. The Balaban J connectivity index is 0.00000245. The van der Waals surface area contributed by atoms with Crippen LogP contribution < -0.4 is 10.2 Å². The third-order valence-electron chi connectivity index (χ3n) is 6.02. The Hall–Kier alpha value is -2.78. The number of nitrogens with zero attached hydrogens (tertiary/aromatic N) is 5. The van der Waals surface area contributed by atoms with E-state index in [4.69, 9.17) is 4.74 Å². The van der Waals surface area contributed by atoms with Gasteiger partial charge in [-0.2, -0.15) is 0 Å². The van der Waals surface area contributed by atoms with Gasteiger partial charge in [-0.05, 0) is 62.8 Å². The molecule has 10 heteroatoms. The Morgan fingerprint density at radius 3 is 2.69 bits per heavy atom. The van der Waals surface area contributed by atoms with E-state index in [1.165, 1.54) is 0 Å². The van der Waals surface area contributed by atoms with E-state index < -0.39 is 0 Å². The average Bonchev–Trinajstić information content (AvgIpc) is 3.38. The van der Waals surface area contributed by atoms with E-state index in [1.54, 1.807) is 22.4 Å². The van der Waals surface area contributed by atoms with Crippen LogP contribution in [0, 0.1) is 12.8 Å². The lowest BCUT2D eigenvalue weighted by molar-refractivity contribution is 0.0148. The van der Waals surface area contributed by atoms with Crippen LogP contribution in [0.15, 0.2) is 42.7 Å². The minimum atomic E-state index is -0.384. The van der Waals surface area contributed by atoms with E-state index in [0.29, 0.717) is 18.3 Å². The lowest BCUT2D eigenvalue weighted by Gasteiger charge is -2.35. The molecule has 3 aromatic heterocycles. The van der Waals surface area contributed by atoms with Gasteiger partial charge in [-0.3, -0.25) is 4.90 Å². The number of amides is 1. The quantitative estimate of drug-likeness (QED) is 0.574. The van der Waals surface area contributed by atoms with E-state index in [2.05, 4.69) is 25.5 Å². The zero-order valence-electron chi connectivity index (χ0n) is 17.7. The van der Waals surface area contributed by atoms with Crippen molar-refractivity contribution < 1.29 is 9.53 Å². The van der Waals surface area contributed by atoms with Crippen LogP contribution in [-0.2, 0) is 4.74 Å². The van der Waals surface area contributed by atoms with Crippen molar-refractivity contribution >= 4 is 41.5 Å². The molecule has 0 aromatic carbocycles. The smallest absolute Gasteiger partial charge is 0.416 e. The molecule has 1 aliphatic heterocycles. The average molecular weight is 473 g/mol. The Kier molecular flexibility index (Phi) is 6.57. The normalized spacial score (nSPS) is 22.5. The summed E-state index contributed by atoms with van der Waals surface area (Å²) >= 11 is 1.56. The molecule has 3 aromatic rings. The molecule has 2 fully saturated rings. The standard InChI is InChI=1S/C22H24N6O2S.ClH/c1-15-26-27-20(31-15)17-5-6-18(25-13-17)24-12-16-7-9-22(10-8-16)14-28(21(29)30-22)19-4-2-3-11-23-19;/h2-6,11,13,16H,7-10,12,14H2,1H3,(H,24,25);1H. The third-order valence-corrected chi connectivity index (χ3v) is 6.91. The number of nitrogens with one attached hydrogen (secondary N) is 1. The number of hydrogen-bond donors (Lipinski definition) is 1. The molecular formula is C22H25ClN6O2S. The summed E-state index contributed by atoms with van der Waals surface area (Å²) in [5.74, 6) is 2.05. The fraction of sp³-hybridized carbons (Fsp3) is 0.409. The number of halogens is 1. The second kappa shape index (κ2) is 9.38. The van der Waals surface area contributed by atoms with Crippen LogP contribution in [0.4, 0.5) is 16.4 Å². The monoisotopic (exact) mass is 472 g/mol. The Labute approximate surface area is 196 Å². The van der Waals surface area contributed by atoms with Gasteiger partial charge < -0.3 is 10.1 Å². The summed E-state index contributed by atoms with van der Waals surface area (Å²) in [6.07, 6.45) is 7.02. The molecule has 168 valence electrons. The molecule has 1 amide bonds. The predicted molar refractivity (Wildman–Crippen MR) is 126 cm³/mol. The van der Waals surface area contributed by atoms with Crippen molar-refractivity contribution in [2.45, 2.75) is 38.2 Å². The number of ether oxygens (including phenoxy) is 1. The van der Waals surface area contributed by atoms with Crippen molar-refractivity contribution in [3.05, 3.63) is 47.7 Å². The van der Waals surface area contributed by atoms with Gasteiger partial charge in [-0.15, -0.1) is 22.6 Å². The maximum Gasteiger partial charge on any atom is 0.416 e. The van der Waals surface area contributed by atoms with Gasteiger partial charge in [0.25, 0.3) is 0 Å². The number of hydrogen-bond acceptors (Lipinski definition) is 8. The number of carbonyl (C=O) groups excluding carboxylic acids is 1. The molecule has 5 rings (SSSR count). The van der Waals surface area contributed by atoms with Crippen LogP contribution in [0.25, 0.3) is 10.6 Å². The largest absolute Gasteiger partial charge is 0.441 e. The van der Waals surface area contributed by atoms with E-state index in [0.717, 1.165) is 53.6 Å². The molecule has 0 bridgehead atoms. The van der Waals surface area contributed by atoms with E-state index in [-0.39, 0.29) is 24.1 Å². The highest BCUT2D eigenvalue weighted by atomic mass is 35.5. The second-order valence-electron chi connectivity index (χ2n) is 8.21. The molecule has 1 saturated heterocycles. The van der Waals surface area contributed by atoms with Crippen LogP contribution in [0.3, 0.4) is 0 Å². The zero-order valence-corrected chi connectivity index (χ0v) is 19.4. The van der Waals surface area contributed by atoms with E-state index in [9.17, 15) is 4.79 Å². The van der Waals surface area contributed by atoms with Crippen LogP contribution in [0.1, 0.15) is 30.7 Å². The van der Waals surface area contributed by atoms with Gasteiger partial charge in [-0.1, -0.05) is 17.4 Å². The molecular weight excluding hydrogens is 448 g/mol. The molecule has 0 atom stereocenters. The van der Waals surface area contributed by atoms with Crippen molar-refractivity contribution in [1.82, 2.24) is 20.2 Å². The Morgan fingerprint density at radius 2 is 2.03 bits per heavy atom. The number of carbonyl (C=O) groups is 1. The molecule has 1 aliphatic carbocycles. The van der Waals surface area contributed by atoms with Gasteiger partial charge >= 0.3 is 6.09 Å². The minimum Gasteiger partial charge on any atom is -0.441 e. The number of rotatable bonds is 5. The molecule has 0 unspecified atom stereocenters. The van der Waals surface area contributed by atoms with Gasteiger partial charge in [0.15, 0.2) is 0 Å². The number of aromatic nitrogens is 4. The second-order valence-corrected chi connectivity index (χ2v) is 9.39. The maximum atomic E-state index is 12.4. The van der Waals surface area contributed by atoms with Crippen LogP contribution >= 0.6 is 23.7 Å². The van der Waals surface area contributed by atoms with Gasteiger partial charge in [0.2, 0.25) is 0 Å². The highest BCUT2D eigenvalue weighted by molar-refractivity contribution is 7.14. The minimum absolute atomic E-state index is 0. The summed E-state index contributed by atoms with van der Waals surface area (Å²) in [7, 11) is 0. The predicted octanol–water partition coefficient (Wildman–Crippen LogP) is 4.72. The Morgan fingerprint density at radius 1 is 1.19 bits per heavy atom. The highest BCUT2D eigenvalue weighted by Crippen LogP contribution is 2.40. The molecule has 1 spiro atoms. The number of pyridine rings is 2. The van der Waals surface area contributed by atoms with E-state index >= 15 is 0 Å². The molecule has 0 radical (unpaired) electrons. The van der Waals surface area contributed by atoms with Crippen LogP contribution in [-0.4, -0.2) is 44.9 Å². The lowest BCUT2D eigenvalue weighted by atomic mass is 9.78. The summed E-state index contributed by atoms with van der Waals surface area (Å²) < 4.78 is 5.83. The summed E-state index contributed by atoms with van der Waals surface area (Å²) in [4.78, 5) is 22.9. The summed E-state index contributed by atoms with van der Waals surface area (Å²) in [6.45, 7) is 3.39. The van der Waals surface area contributed by atoms with Crippen LogP contribution in [0.2, 0.25) is 0 Å². The lowest BCUT2D eigenvalue weighted by Crippen LogP contribution is -2.39. The number of anilines is 2. The van der Waals surface area contributed by atoms with Crippen LogP contribution in [0.5, 0.6) is 0 Å². The van der Waals surface area contributed by atoms with Gasteiger partial charge in [-0.25, -0.2) is 14.8 Å². The fourth-order valence-corrected chi connectivity index (χ4v) is 4.95. The fourth-order valence-electron chi connectivity index (χ4n) is 4.27. The first-order valence-electron chi connectivity index (χ1n) is 10.5. The summed E-state index contributed by atoms with van der Waals surface area (Å²) in [5, 5.41) is 13.5. The third kappa shape index (κ3) is 4.68. The van der Waals surface area contributed by atoms with Crippen molar-refractivity contribution in [1.29, 1.82) is 0 Å². The first-order valence-corrected chi connectivity index (χ1v) is 11.3. The van der Waals surface area contributed by atoms with Gasteiger partial charge in [0, 0.05) is 24.5 Å². The molecule has 2 aliphatic rings. The molecule has 1 saturated carbocycles. The highest BCUT2D eigenvalue weighted by Gasteiger charge is 2.47. The van der Waals surface area contributed by atoms with Crippen molar-refractivity contribution in [3.8, 4) is 10.6 Å². The van der Waals surface area contributed by atoms with Gasteiger partial charge in [0.1, 0.15) is 27.3 Å². The van der Waals surface area contributed by atoms with Crippen molar-refractivity contribution in [2.24, 2.45) is 5.92 Å². The molecule has 8 nitrogen and oxygen atoms in total. The maximum absolute atomic E-state index is 12.4. The van der Waals surface area contributed by atoms with Gasteiger partial charge in [0.05, 0.1) is 6.54 Å². The molecule has 32 heavy (non-hydrogen) atoms. The molecule has 4 heterocycles. The van der Waals surface area contributed by atoms with Crippen molar-refractivity contribution in [2.75, 3.05) is 23.3 Å². The topological polar surface area (TPSA) is 93.1 Å². The Bertz CT molecular complexity index is 1050. The number of aryl methyl sites for hydroxylation is 1.